The summed E-state index contributed by atoms with van der Waals surface area (Å²) in [7, 11) is 0. The summed E-state index contributed by atoms with van der Waals surface area (Å²) in [4.78, 5) is 57.4. The summed E-state index contributed by atoms with van der Waals surface area (Å²) in [6, 6.07) is -5.53. The molecule has 0 aliphatic carbocycles. The predicted octanol–water partition coefficient (Wildman–Crippen LogP) is -3.89. The largest absolute Gasteiger partial charge is 0.481 e. The predicted molar refractivity (Wildman–Crippen MR) is 92.7 cm³/mol. The molecule has 0 aromatic carbocycles. The van der Waals surface area contributed by atoms with Crippen molar-refractivity contribution in [3.05, 3.63) is 0 Å². The van der Waals surface area contributed by atoms with E-state index in [1.54, 1.807) is 0 Å². The van der Waals surface area contributed by atoms with Gasteiger partial charge in [0.2, 0.25) is 17.7 Å². The van der Waals surface area contributed by atoms with Gasteiger partial charge >= 0.3 is 11.9 Å². The normalized spacial score (nSPS) is 16.0. The van der Waals surface area contributed by atoms with E-state index in [2.05, 4.69) is 10.6 Å². The standard InChI is InChI=1S/C15H26N4O9/c1-6(17-13(25)8(16)3-4-10(22)23)12(24)18-9(5-20)14(26)19-11(7(2)21)15(27)28/h6-9,11,20-21H,3-5,16H2,1-2H3,(H,17,25)(H,18,24)(H,19,26)(H,22,23)(H,27,28). The third-order valence-corrected chi connectivity index (χ3v) is 3.62. The number of aliphatic carboxylic acids is 2. The minimum Gasteiger partial charge on any atom is -0.481 e. The second kappa shape index (κ2) is 11.8. The molecule has 0 aliphatic rings. The van der Waals surface area contributed by atoms with Gasteiger partial charge in [-0.2, -0.15) is 0 Å². The Balaban J connectivity index is 4.77. The second-order valence-electron chi connectivity index (χ2n) is 6.08. The molecule has 0 rings (SSSR count). The zero-order valence-electron chi connectivity index (χ0n) is 15.4. The van der Waals surface area contributed by atoms with Crippen LogP contribution in [0.4, 0.5) is 0 Å². The van der Waals surface area contributed by atoms with E-state index in [9.17, 15) is 34.2 Å². The van der Waals surface area contributed by atoms with E-state index in [-0.39, 0.29) is 12.8 Å². The minimum absolute atomic E-state index is 0.146. The summed E-state index contributed by atoms with van der Waals surface area (Å²) in [6.45, 7) is 1.53. The van der Waals surface area contributed by atoms with Crippen molar-refractivity contribution in [2.75, 3.05) is 6.61 Å². The topological polar surface area (TPSA) is 228 Å². The summed E-state index contributed by atoms with van der Waals surface area (Å²) in [6.07, 6.45) is -1.91. The molecule has 0 aliphatic heterocycles. The van der Waals surface area contributed by atoms with Gasteiger partial charge in [-0.15, -0.1) is 0 Å². The maximum atomic E-state index is 12.1. The molecule has 160 valence electrons. The van der Waals surface area contributed by atoms with Gasteiger partial charge < -0.3 is 42.1 Å². The summed E-state index contributed by atoms with van der Waals surface area (Å²) in [5.74, 6) is -5.36. The van der Waals surface area contributed by atoms with Crippen molar-refractivity contribution in [1.29, 1.82) is 0 Å². The lowest BCUT2D eigenvalue weighted by Gasteiger charge is -2.23. The molecule has 0 heterocycles. The molecule has 0 fully saturated rings. The van der Waals surface area contributed by atoms with Crippen LogP contribution in [0.2, 0.25) is 0 Å². The van der Waals surface area contributed by atoms with Crippen LogP contribution in [0.25, 0.3) is 0 Å². The summed E-state index contributed by atoms with van der Waals surface area (Å²) < 4.78 is 0. The molecule has 28 heavy (non-hydrogen) atoms. The van der Waals surface area contributed by atoms with Crippen molar-refractivity contribution < 1.29 is 44.4 Å². The first-order valence-corrected chi connectivity index (χ1v) is 8.30. The van der Waals surface area contributed by atoms with Crippen LogP contribution in [0.1, 0.15) is 26.7 Å². The zero-order valence-corrected chi connectivity index (χ0v) is 15.4. The molecule has 0 saturated heterocycles. The average molecular weight is 406 g/mol. The van der Waals surface area contributed by atoms with Crippen LogP contribution in [-0.4, -0.2) is 87.0 Å². The van der Waals surface area contributed by atoms with E-state index in [1.165, 1.54) is 6.92 Å². The van der Waals surface area contributed by atoms with Gasteiger partial charge in [-0.3, -0.25) is 19.2 Å². The summed E-state index contributed by atoms with van der Waals surface area (Å²) in [5.41, 5.74) is 5.51. The van der Waals surface area contributed by atoms with Crippen molar-refractivity contribution >= 4 is 29.7 Å². The first-order chi connectivity index (χ1) is 12.9. The smallest absolute Gasteiger partial charge is 0.328 e. The first kappa shape index (κ1) is 25.2. The van der Waals surface area contributed by atoms with Gasteiger partial charge in [0, 0.05) is 6.42 Å². The molecule has 0 radical (unpaired) electrons. The number of amides is 3. The van der Waals surface area contributed by atoms with Gasteiger partial charge in [0.05, 0.1) is 18.8 Å². The monoisotopic (exact) mass is 406 g/mol. The lowest BCUT2D eigenvalue weighted by Crippen LogP contribution is -2.58. The molecule has 13 heteroatoms. The number of nitrogens with two attached hydrogens (primary N) is 1. The van der Waals surface area contributed by atoms with Crippen LogP contribution in [0.5, 0.6) is 0 Å². The van der Waals surface area contributed by atoms with E-state index in [1.807, 2.05) is 5.32 Å². The fourth-order valence-corrected chi connectivity index (χ4v) is 1.93. The fraction of sp³-hybridized carbons (Fsp3) is 0.667. The Hall–Kier alpha value is -2.77. The van der Waals surface area contributed by atoms with Gasteiger partial charge in [-0.1, -0.05) is 0 Å². The second-order valence-corrected chi connectivity index (χ2v) is 6.08. The zero-order chi connectivity index (χ0) is 22.0. The summed E-state index contributed by atoms with van der Waals surface area (Å²) in [5, 5.41) is 42.4. The van der Waals surface area contributed by atoms with E-state index in [4.69, 9.17) is 15.9 Å². The molecule has 3 amide bonds. The molecular formula is C15H26N4O9. The van der Waals surface area contributed by atoms with Crippen LogP contribution in [0.3, 0.4) is 0 Å². The molecule has 0 aromatic rings. The number of carboxylic acids is 2. The quantitative estimate of drug-likeness (QED) is 0.157. The summed E-state index contributed by atoms with van der Waals surface area (Å²) >= 11 is 0. The molecule has 0 spiro atoms. The van der Waals surface area contributed by atoms with Crippen LogP contribution < -0.4 is 21.7 Å². The van der Waals surface area contributed by atoms with Gasteiger partial charge in [-0.05, 0) is 20.3 Å². The van der Waals surface area contributed by atoms with Crippen LogP contribution >= 0.6 is 0 Å². The number of nitrogens with one attached hydrogen (secondary N) is 3. The van der Waals surface area contributed by atoms with E-state index >= 15 is 0 Å². The number of hydrogen-bond donors (Lipinski definition) is 8. The Morgan fingerprint density at radius 3 is 1.93 bits per heavy atom. The molecular weight excluding hydrogens is 380 g/mol. The van der Waals surface area contributed by atoms with Crippen molar-refractivity contribution in [3.63, 3.8) is 0 Å². The van der Waals surface area contributed by atoms with Crippen LogP contribution in [-0.2, 0) is 24.0 Å². The molecule has 13 nitrogen and oxygen atoms in total. The molecule has 0 saturated carbocycles. The SMILES string of the molecule is CC(NC(=O)C(N)CCC(=O)O)C(=O)NC(CO)C(=O)NC(C(=O)O)C(C)O. The van der Waals surface area contributed by atoms with E-state index in [0.29, 0.717) is 0 Å². The molecule has 0 bridgehead atoms. The minimum atomic E-state index is -1.65. The first-order valence-electron chi connectivity index (χ1n) is 8.30. The van der Waals surface area contributed by atoms with Gasteiger partial charge in [0.15, 0.2) is 6.04 Å². The lowest BCUT2D eigenvalue weighted by atomic mass is 10.1. The molecule has 9 N–H and O–H groups in total. The lowest BCUT2D eigenvalue weighted by molar-refractivity contribution is -0.145. The highest BCUT2D eigenvalue weighted by Gasteiger charge is 2.30. The average Bonchev–Trinajstić information content (AvgIpc) is 2.60. The number of hydrogen-bond acceptors (Lipinski definition) is 8. The number of aliphatic hydroxyl groups excluding tert-OH is 2. The Morgan fingerprint density at radius 2 is 1.50 bits per heavy atom. The van der Waals surface area contributed by atoms with Crippen LogP contribution in [0, 0.1) is 0 Å². The Labute approximate surface area is 160 Å². The third kappa shape index (κ3) is 8.75. The van der Waals surface area contributed by atoms with Gasteiger partial charge in [0.1, 0.15) is 12.1 Å². The maximum Gasteiger partial charge on any atom is 0.328 e. The third-order valence-electron chi connectivity index (χ3n) is 3.62. The Bertz CT molecular complexity index is 596. The number of rotatable bonds is 12. The fourth-order valence-electron chi connectivity index (χ4n) is 1.93. The Morgan fingerprint density at radius 1 is 0.929 bits per heavy atom. The molecule has 5 atom stereocenters. The van der Waals surface area contributed by atoms with E-state index in [0.717, 1.165) is 6.92 Å². The highest BCUT2D eigenvalue weighted by Crippen LogP contribution is 1.98. The van der Waals surface area contributed by atoms with Crippen molar-refractivity contribution in [2.45, 2.75) is 57.0 Å². The number of carbonyl (C=O) groups excluding carboxylic acids is 3. The molecule has 0 aromatic heterocycles. The number of aliphatic hydroxyl groups is 2. The van der Waals surface area contributed by atoms with Crippen molar-refractivity contribution in [2.24, 2.45) is 5.73 Å². The van der Waals surface area contributed by atoms with Gasteiger partial charge in [-0.25, -0.2) is 4.79 Å². The van der Waals surface area contributed by atoms with Crippen molar-refractivity contribution in [1.82, 2.24) is 16.0 Å². The van der Waals surface area contributed by atoms with Crippen LogP contribution in [0.15, 0.2) is 0 Å². The number of carbonyl (C=O) groups is 5. The Kier molecular flexibility index (Phi) is 10.7. The molecule has 5 unspecified atom stereocenters. The highest BCUT2D eigenvalue weighted by molar-refractivity contribution is 5.94. The highest BCUT2D eigenvalue weighted by atomic mass is 16.4. The van der Waals surface area contributed by atoms with Crippen molar-refractivity contribution in [3.8, 4) is 0 Å². The maximum absolute atomic E-state index is 12.1. The number of carboxylic acid groups (broad SMARTS) is 2. The van der Waals surface area contributed by atoms with E-state index < -0.39 is 66.5 Å². The van der Waals surface area contributed by atoms with Gasteiger partial charge in [0.25, 0.3) is 0 Å².